The van der Waals surface area contributed by atoms with E-state index in [0.29, 0.717) is 24.7 Å². The second-order valence-corrected chi connectivity index (χ2v) is 4.80. The Kier molecular flexibility index (Phi) is 5.58. The predicted molar refractivity (Wildman–Crippen MR) is 81.1 cm³/mol. The van der Waals surface area contributed by atoms with Gasteiger partial charge in [0, 0.05) is 0 Å². The molecule has 112 valence electrons. The van der Waals surface area contributed by atoms with Gasteiger partial charge in [0.25, 0.3) is 0 Å². The lowest BCUT2D eigenvalue weighted by Crippen LogP contribution is -2.01. The molecule has 2 aromatic rings. The number of aryl methyl sites for hydroxylation is 1. The molecule has 0 amide bonds. The van der Waals surface area contributed by atoms with Gasteiger partial charge in [-0.2, -0.15) is 0 Å². The van der Waals surface area contributed by atoms with E-state index in [9.17, 15) is 4.39 Å². The number of halogens is 1. The molecule has 0 bridgehead atoms. The molecule has 0 fully saturated rings. The third kappa shape index (κ3) is 4.46. The maximum atomic E-state index is 13.1. The fraction of sp³-hybridized carbons (Fsp3) is 0.294. The van der Waals surface area contributed by atoms with Crippen LogP contribution in [0, 0.1) is 5.82 Å². The normalized spacial score (nSPS) is 10.4. The Morgan fingerprint density at radius 2 is 1.90 bits per heavy atom. The summed E-state index contributed by atoms with van der Waals surface area (Å²) in [6.07, 6.45) is 1.85. The zero-order chi connectivity index (χ0) is 15.1. The second kappa shape index (κ2) is 7.64. The third-order valence-electron chi connectivity index (χ3n) is 3.18. The van der Waals surface area contributed by atoms with Gasteiger partial charge < -0.3 is 15.2 Å². The summed E-state index contributed by atoms with van der Waals surface area (Å²) in [5.41, 5.74) is 7.46. The van der Waals surface area contributed by atoms with E-state index < -0.39 is 0 Å². The molecule has 3 nitrogen and oxygen atoms in total. The largest absolute Gasteiger partial charge is 0.493 e. The standard InChI is InChI=1S/C17H20FNO2/c1-20-17-11-13(5-3-9-19)7-8-16(17)21-12-14-4-2-6-15(18)10-14/h2,4,6-8,10-11H,3,5,9,12,19H2,1H3. The fourth-order valence-electron chi connectivity index (χ4n) is 2.08. The molecule has 4 heteroatoms. The molecule has 0 aliphatic heterocycles. The molecule has 0 spiro atoms. The van der Waals surface area contributed by atoms with E-state index in [4.69, 9.17) is 15.2 Å². The molecular formula is C17H20FNO2. The smallest absolute Gasteiger partial charge is 0.161 e. The van der Waals surface area contributed by atoms with Crippen molar-refractivity contribution in [2.45, 2.75) is 19.4 Å². The number of nitrogens with two attached hydrogens (primary N) is 1. The number of hydrogen-bond donors (Lipinski definition) is 1. The summed E-state index contributed by atoms with van der Waals surface area (Å²) in [5, 5.41) is 0. The summed E-state index contributed by atoms with van der Waals surface area (Å²) in [6.45, 7) is 0.969. The highest BCUT2D eigenvalue weighted by atomic mass is 19.1. The maximum Gasteiger partial charge on any atom is 0.161 e. The lowest BCUT2D eigenvalue weighted by Gasteiger charge is -2.12. The summed E-state index contributed by atoms with van der Waals surface area (Å²) in [4.78, 5) is 0. The van der Waals surface area contributed by atoms with E-state index in [1.54, 1.807) is 13.2 Å². The van der Waals surface area contributed by atoms with Crippen molar-refractivity contribution in [1.82, 2.24) is 0 Å². The van der Waals surface area contributed by atoms with Crippen molar-refractivity contribution in [3.05, 3.63) is 59.4 Å². The van der Waals surface area contributed by atoms with Crippen LogP contribution in [0.5, 0.6) is 11.5 Å². The first-order valence-corrected chi connectivity index (χ1v) is 6.97. The molecule has 2 aromatic carbocycles. The number of methoxy groups -OCH3 is 1. The fourth-order valence-corrected chi connectivity index (χ4v) is 2.08. The molecule has 0 radical (unpaired) electrons. The Balaban J connectivity index is 2.05. The van der Waals surface area contributed by atoms with Crippen molar-refractivity contribution in [3.63, 3.8) is 0 Å². The highest BCUT2D eigenvalue weighted by molar-refractivity contribution is 5.43. The molecule has 0 saturated carbocycles. The summed E-state index contributed by atoms with van der Waals surface area (Å²) in [7, 11) is 1.61. The number of benzene rings is 2. The van der Waals surface area contributed by atoms with E-state index in [0.717, 1.165) is 24.0 Å². The van der Waals surface area contributed by atoms with Gasteiger partial charge in [-0.25, -0.2) is 4.39 Å². The minimum Gasteiger partial charge on any atom is -0.493 e. The van der Waals surface area contributed by atoms with Gasteiger partial charge in [-0.15, -0.1) is 0 Å². The van der Waals surface area contributed by atoms with Crippen LogP contribution in [0.2, 0.25) is 0 Å². The molecule has 0 heterocycles. The van der Waals surface area contributed by atoms with Gasteiger partial charge in [0.1, 0.15) is 12.4 Å². The van der Waals surface area contributed by atoms with Crippen molar-refractivity contribution in [2.24, 2.45) is 5.73 Å². The molecule has 0 unspecified atom stereocenters. The highest BCUT2D eigenvalue weighted by Crippen LogP contribution is 2.29. The Morgan fingerprint density at radius 1 is 1.05 bits per heavy atom. The van der Waals surface area contributed by atoms with Crippen LogP contribution in [-0.4, -0.2) is 13.7 Å². The molecular weight excluding hydrogens is 269 g/mol. The van der Waals surface area contributed by atoms with Gasteiger partial charge in [-0.1, -0.05) is 18.2 Å². The van der Waals surface area contributed by atoms with Crippen molar-refractivity contribution in [1.29, 1.82) is 0 Å². The monoisotopic (exact) mass is 289 g/mol. The number of ether oxygens (including phenoxy) is 2. The topological polar surface area (TPSA) is 44.5 Å². The third-order valence-corrected chi connectivity index (χ3v) is 3.18. The lowest BCUT2D eigenvalue weighted by atomic mass is 10.1. The van der Waals surface area contributed by atoms with Gasteiger partial charge in [0.05, 0.1) is 7.11 Å². The average molecular weight is 289 g/mol. The van der Waals surface area contributed by atoms with Crippen molar-refractivity contribution in [2.75, 3.05) is 13.7 Å². The van der Waals surface area contributed by atoms with E-state index in [1.165, 1.54) is 12.1 Å². The van der Waals surface area contributed by atoms with Crippen LogP contribution in [0.4, 0.5) is 4.39 Å². The zero-order valence-electron chi connectivity index (χ0n) is 12.1. The molecule has 0 aliphatic rings. The van der Waals surface area contributed by atoms with Crippen LogP contribution in [0.25, 0.3) is 0 Å². The average Bonchev–Trinajstić information content (AvgIpc) is 2.51. The van der Waals surface area contributed by atoms with Gasteiger partial charge in [0.15, 0.2) is 11.5 Å². The Hall–Kier alpha value is -2.07. The van der Waals surface area contributed by atoms with Crippen LogP contribution in [0.1, 0.15) is 17.5 Å². The van der Waals surface area contributed by atoms with Crippen LogP contribution in [0.15, 0.2) is 42.5 Å². The molecule has 2 rings (SSSR count). The predicted octanol–water partition coefficient (Wildman–Crippen LogP) is 3.30. The Labute approximate surface area is 124 Å². The van der Waals surface area contributed by atoms with Crippen LogP contribution < -0.4 is 15.2 Å². The first kappa shape index (κ1) is 15.3. The van der Waals surface area contributed by atoms with E-state index >= 15 is 0 Å². The molecule has 0 aromatic heterocycles. The minimum atomic E-state index is -0.264. The highest BCUT2D eigenvalue weighted by Gasteiger charge is 2.06. The first-order valence-electron chi connectivity index (χ1n) is 6.97. The molecule has 0 aliphatic carbocycles. The van der Waals surface area contributed by atoms with E-state index in [1.807, 2.05) is 24.3 Å². The van der Waals surface area contributed by atoms with Gasteiger partial charge >= 0.3 is 0 Å². The SMILES string of the molecule is COc1cc(CCCN)ccc1OCc1cccc(F)c1. The van der Waals surface area contributed by atoms with Gasteiger partial charge in [0.2, 0.25) is 0 Å². The number of rotatable bonds is 7. The molecule has 0 saturated heterocycles. The van der Waals surface area contributed by atoms with Gasteiger partial charge in [-0.05, 0) is 54.8 Å². The second-order valence-electron chi connectivity index (χ2n) is 4.80. The summed E-state index contributed by atoms with van der Waals surface area (Å²) >= 11 is 0. The van der Waals surface area contributed by atoms with Crippen LogP contribution >= 0.6 is 0 Å². The summed E-state index contributed by atoms with van der Waals surface area (Å²) in [5.74, 6) is 1.07. The molecule has 0 atom stereocenters. The maximum absolute atomic E-state index is 13.1. The van der Waals surface area contributed by atoms with Crippen molar-refractivity contribution < 1.29 is 13.9 Å². The number of hydrogen-bond acceptors (Lipinski definition) is 3. The van der Waals surface area contributed by atoms with Crippen LogP contribution in [-0.2, 0) is 13.0 Å². The molecule has 2 N–H and O–H groups in total. The first-order chi connectivity index (χ1) is 10.2. The van der Waals surface area contributed by atoms with Crippen molar-refractivity contribution in [3.8, 4) is 11.5 Å². The summed E-state index contributed by atoms with van der Waals surface area (Å²) < 4.78 is 24.2. The van der Waals surface area contributed by atoms with Crippen molar-refractivity contribution >= 4 is 0 Å². The van der Waals surface area contributed by atoms with Gasteiger partial charge in [-0.3, -0.25) is 0 Å². The lowest BCUT2D eigenvalue weighted by molar-refractivity contribution is 0.284. The molecule has 21 heavy (non-hydrogen) atoms. The zero-order valence-corrected chi connectivity index (χ0v) is 12.1. The minimum absolute atomic E-state index is 0.264. The van der Waals surface area contributed by atoms with Crippen LogP contribution in [0.3, 0.4) is 0 Å². The van der Waals surface area contributed by atoms with E-state index in [2.05, 4.69) is 0 Å². The van der Waals surface area contributed by atoms with E-state index in [-0.39, 0.29) is 5.82 Å². The summed E-state index contributed by atoms with van der Waals surface area (Å²) in [6, 6.07) is 12.2. The Morgan fingerprint density at radius 3 is 2.62 bits per heavy atom. The Bertz CT molecular complexity index is 587. The quantitative estimate of drug-likeness (QED) is 0.850.